The summed E-state index contributed by atoms with van der Waals surface area (Å²) < 4.78 is 12.6. The van der Waals surface area contributed by atoms with Gasteiger partial charge in [0, 0.05) is 25.7 Å². The van der Waals surface area contributed by atoms with Gasteiger partial charge in [0.25, 0.3) is 0 Å². The van der Waals surface area contributed by atoms with Crippen molar-refractivity contribution in [3.8, 4) is 35.1 Å². The number of fused-ring (bicyclic) bond motifs is 8. The van der Waals surface area contributed by atoms with Crippen LogP contribution in [0.25, 0.3) is 0 Å². The van der Waals surface area contributed by atoms with Crippen LogP contribution in [0.1, 0.15) is 150 Å². The molecular weight excluding hydrogens is 669 g/mol. The van der Waals surface area contributed by atoms with Gasteiger partial charge in [0.2, 0.25) is 0 Å². The van der Waals surface area contributed by atoms with E-state index in [4.69, 9.17) is 9.47 Å². The van der Waals surface area contributed by atoms with E-state index in [1.54, 1.807) is 0 Å². The number of rotatable bonds is 4. The summed E-state index contributed by atoms with van der Waals surface area (Å²) in [5.41, 5.74) is 10.00. The van der Waals surface area contributed by atoms with Crippen molar-refractivity contribution < 1.29 is 19.7 Å². The smallest absolute Gasteiger partial charge is 0.174 e. The first-order valence-electron chi connectivity index (χ1n) is 19.0. The molecule has 5 rings (SSSR count). The predicted octanol–water partition coefficient (Wildman–Crippen LogP) is 10.8. The molecule has 0 saturated carbocycles. The van der Waals surface area contributed by atoms with E-state index in [1.807, 2.05) is 0 Å². The average Bonchev–Trinajstić information content (AvgIpc) is 3.04. The van der Waals surface area contributed by atoms with Gasteiger partial charge in [-0.2, -0.15) is 10.5 Å². The van der Waals surface area contributed by atoms with E-state index < -0.39 is 0 Å². The standard InChI is InChI=1S/C48H58N2O4/c1-45(2,3)37-21-29-17-33-25-39(47(7,8)9)27-35(43(33)53-15-13-49)19-31-23-38(46(4,5)6)24-32(42(31)52)20-36-28-40(48(10,11)12)26-34(44(36)54-16-14-50)18-30(22-37)41(29)51/h21-28,51-52H,15-20H2,1-12H3. The Kier molecular flexibility index (Phi) is 11.0. The average molecular weight is 727 g/mol. The Morgan fingerprint density at radius 1 is 0.426 bits per heavy atom. The maximum Gasteiger partial charge on any atom is 0.174 e. The lowest BCUT2D eigenvalue weighted by Gasteiger charge is -2.28. The minimum absolute atomic E-state index is 0.135. The van der Waals surface area contributed by atoms with Gasteiger partial charge >= 0.3 is 0 Å². The third-order valence-electron chi connectivity index (χ3n) is 10.6. The number of hydrogen-bond donors (Lipinski definition) is 2. The highest BCUT2D eigenvalue weighted by Gasteiger charge is 2.28. The molecule has 0 radical (unpaired) electrons. The molecule has 0 aliphatic heterocycles. The van der Waals surface area contributed by atoms with Crippen LogP contribution in [0.5, 0.6) is 23.0 Å². The number of benzene rings is 4. The molecule has 0 fully saturated rings. The summed E-state index contributed by atoms with van der Waals surface area (Å²) in [6.45, 7) is 25.8. The molecule has 4 aromatic rings. The summed E-state index contributed by atoms with van der Waals surface area (Å²) in [6.07, 6.45) is 1.46. The summed E-state index contributed by atoms with van der Waals surface area (Å²) in [4.78, 5) is 0. The minimum Gasteiger partial charge on any atom is -0.507 e. The second-order valence-electron chi connectivity index (χ2n) is 19.1. The Labute approximate surface area is 323 Å². The second kappa shape index (κ2) is 14.7. The Bertz CT molecular complexity index is 1900. The maximum atomic E-state index is 12.2. The van der Waals surface area contributed by atoms with Crippen LogP contribution in [-0.2, 0) is 47.3 Å². The van der Waals surface area contributed by atoms with Gasteiger partial charge in [-0.3, -0.25) is 0 Å². The van der Waals surface area contributed by atoms with Gasteiger partial charge in [-0.1, -0.05) is 132 Å². The van der Waals surface area contributed by atoms with Gasteiger partial charge < -0.3 is 19.7 Å². The Morgan fingerprint density at radius 2 is 0.630 bits per heavy atom. The van der Waals surface area contributed by atoms with Gasteiger partial charge in [-0.25, -0.2) is 0 Å². The van der Waals surface area contributed by atoms with Gasteiger partial charge in [0.15, 0.2) is 13.2 Å². The Balaban J connectivity index is 1.96. The van der Waals surface area contributed by atoms with Crippen LogP contribution in [0.2, 0.25) is 0 Å². The molecule has 0 unspecified atom stereocenters. The van der Waals surface area contributed by atoms with Crippen molar-refractivity contribution in [1.82, 2.24) is 0 Å². The molecule has 0 atom stereocenters. The highest BCUT2D eigenvalue weighted by Crippen LogP contribution is 2.43. The lowest BCUT2D eigenvalue weighted by molar-refractivity contribution is 0.359. The van der Waals surface area contributed by atoms with E-state index >= 15 is 0 Å². The second-order valence-corrected chi connectivity index (χ2v) is 19.1. The Morgan fingerprint density at radius 3 is 0.815 bits per heavy atom. The molecule has 2 N–H and O–H groups in total. The van der Waals surface area contributed by atoms with Crippen LogP contribution in [0, 0.1) is 22.7 Å². The summed E-state index contributed by atoms with van der Waals surface area (Å²) >= 11 is 0. The van der Waals surface area contributed by atoms with E-state index in [0.717, 1.165) is 66.8 Å². The zero-order chi connectivity index (χ0) is 40.0. The molecule has 284 valence electrons. The van der Waals surface area contributed by atoms with Crippen LogP contribution >= 0.6 is 0 Å². The molecule has 4 aromatic carbocycles. The summed E-state index contributed by atoms with van der Waals surface area (Å²) in [7, 11) is 0. The van der Waals surface area contributed by atoms with E-state index in [1.165, 1.54) is 0 Å². The largest absolute Gasteiger partial charge is 0.507 e. The van der Waals surface area contributed by atoms with Crippen LogP contribution in [0.4, 0.5) is 0 Å². The molecule has 0 aromatic heterocycles. The van der Waals surface area contributed by atoms with E-state index in [0.29, 0.717) is 37.2 Å². The first-order valence-corrected chi connectivity index (χ1v) is 19.0. The zero-order valence-corrected chi connectivity index (χ0v) is 34.5. The van der Waals surface area contributed by atoms with Crippen LogP contribution < -0.4 is 9.47 Å². The van der Waals surface area contributed by atoms with E-state index in [-0.39, 0.29) is 46.4 Å². The molecule has 54 heavy (non-hydrogen) atoms. The topological polar surface area (TPSA) is 106 Å². The van der Waals surface area contributed by atoms with Crippen molar-refractivity contribution in [3.05, 3.63) is 115 Å². The molecular formula is C48H58N2O4. The van der Waals surface area contributed by atoms with Crippen LogP contribution in [0.15, 0.2) is 48.5 Å². The summed E-state index contributed by atoms with van der Waals surface area (Å²) in [5, 5.41) is 43.9. The zero-order valence-electron chi connectivity index (χ0n) is 34.5. The lowest BCUT2D eigenvalue weighted by atomic mass is 9.79. The molecule has 1 aliphatic rings. The minimum atomic E-state index is -0.222. The summed E-state index contributed by atoms with van der Waals surface area (Å²) in [6, 6.07) is 21.3. The maximum absolute atomic E-state index is 12.2. The molecule has 8 bridgehead atoms. The number of phenolic OH excluding ortho intramolecular Hbond substituents is 2. The highest BCUT2D eigenvalue weighted by atomic mass is 16.5. The molecule has 6 nitrogen and oxygen atoms in total. The van der Waals surface area contributed by atoms with E-state index in [2.05, 4.69) is 144 Å². The van der Waals surface area contributed by atoms with Gasteiger partial charge in [0.05, 0.1) is 0 Å². The van der Waals surface area contributed by atoms with E-state index in [9.17, 15) is 20.7 Å². The predicted molar refractivity (Wildman–Crippen MR) is 217 cm³/mol. The monoisotopic (exact) mass is 726 g/mol. The molecule has 1 aliphatic carbocycles. The summed E-state index contributed by atoms with van der Waals surface area (Å²) in [5.74, 6) is 1.62. The van der Waals surface area contributed by atoms with Crippen molar-refractivity contribution in [2.75, 3.05) is 13.2 Å². The van der Waals surface area contributed by atoms with Crippen molar-refractivity contribution >= 4 is 0 Å². The lowest BCUT2D eigenvalue weighted by Crippen LogP contribution is -2.16. The number of phenols is 2. The van der Waals surface area contributed by atoms with Crippen molar-refractivity contribution in [2.45, 2.75) is 130 Å². The molecule has 0 amide bonds. The molecule has 6 heteroatoms. The third-order valence-corrected chi connectivity index (χ3v) is 10.6. The SMILES string of the molecule is CC(C)(C)c1cc2c(O)c(c1)Cc1cc(C(C)(C)C)cc(c1OCC#N)Cc1cc(C(C)(C)C)cc(c1O)Cc1cc(C(C)(C)C)cc(c1OCC#N)C2. The van der Waals surface area contributed by atoms with Crippen molar-refractivity contribution in [3.63, 3.8) is 0 Å². The fourth-order valence-corrected chi connectivity index (χ4v) is 7.23. The highest BCUT2D eigenvalue weighted by molar-refractivity contribution is 5.59. The number of ether oxygens (including phenoxy) is 2. The Hall–Kier alpha value is -4.94. The fraction of sp³-hybridized carbons (Fsp3) is 0.458. The van der Waals surface area contributed by atoms with Gasteiger partial charge in [-0.05, 0) is 88.4 Å². The van der Waals surface area contributed by atoms with Gasteiger partial charge in [0.1, 0.15) is 35.1 Å². The number of aromatic hydroxyl groups is 2. The molecule has 0 saturated heterocycles. The van der Waals surface area contributed by atoms with Crippen molar-refractivity contribution in [2.24, 2.45) is 0 Å². The molecule has 0 spiro atoms. The number of hydrogen-bond acceptors (Lipinski definition) is 6. The fourth-order valence-electron chi connectivity index (χ4n) is 7.23. The first kappa shape index (κ1) is 40.2. The van der Waals surface area contributed by atoms with Gasteiger partial charge in [-0.15, -0.1) is 0 Å². The number of nitriles is 2. The third kappa shape index (κ3) is 8.71. The number of nitrogens with zero attached hydrogens (tertiary/aromatic N) is 2. The normalized spacial score (nSPS) is 13.5. The quantitative estimate of drug-likeness (QED) is 0.191. The molecule has 0 heterocycles. The van der Waals surface area contributed by atoms with Crippen LogP contribution in [-0.4, -0.2) is 23.4 Å². The first-order chi connectivity index (χ1) is 25.0. The van der Waals surface area contributed by atoms with Crippen LogP contribution in [0.3, 0.4) is 0 Å². The van der Waals surface area contributed by atoms with Crippen molar-refractivity contribution in [1.29, 1.82) is 10.5 Å².